The van der Waals surface area contributed by atoms with Gasteiger partial charge >= 0.3 is 12.1 Å². The van der Waals surface area contributed by atoms with Crippen molar-refractivity contribution in [1.29, 1.82) is 0 Å². The lowest BCUT2D eigenvalue weighted by Gasteiger charge is -2.24. The molecule has 7 nitrogen and oxygen atoms in total. The van der Waals surface area contributed by atoms with Crippen molar-refractivity contribution < 1.29 is 24.2 Å². The van der Waals surface area contributed by atoms with Crippen molar-refractivity contribution in [2.75, 3.05) is 38.2 Å². The molecule has 0 spiro atoms. The van der Waals surface area contributed by atoms with E-state index < -0.39 is 18.0 Å². The molecule has 0 heterocycles. The topological polar surface area (TPSA) is 95.9 Å². The number of nitrogens with zero attached hydrogens (tertiary/aromatic N) is 1. The molecular weight excluding hydrogens is 440 g/mol. The molecule has 1 aliphatic rings. The summed E-state index contributed by atoms with van der Waals surface area (Å²) in [4.78, 5) is 37.3. The van der Waals surface area contributed by atoms with Crippen molar-refractivity contribution in [1.82, 2.24) is 10.2 Å². The highest BCUT2D eigenvalue weighted by molar-refractivity contribution is 7.98. The van der Waals surface area contributed by atoms with E-state index in [1.807, 2.05) is 30.5 Å². The molecule has 1 aliphatic carbocycles. The molecule has 33 heavy (non-hydrogen) atoms. The Morgan fingerprint density at radius 2 is 1.70 bits per heavy atom. The van der Waals surface area contributed by atoms with Crippen molar-refractivity contribution in [3.63, 3.8) is 0 Å². The van der Waals surface area contributed by atoms with Crippen LogP contribution in [0.15, 0.2) is 48.5 Å². The number of hydrogen-bond donors (Lipinski definition) is 2. The van der Waals surface area contributed by atoms with Crippen molar-refractivity contribution in [2.45, 2.75) is 19.3 Å². The van der Waals surface area contributed by atoms with E-state index in [0.29, 0.717) is 18.7 Å². The molecule has 0 fully saturated rings. The number of alkyl carbamates (subject to hydrolysis) is 1. The molecule has 2 aromatic carbocycles. The Morgan fingerprint density at radius 3 is 2.27 bits per heavy atom. The van der Waals surface area contributed by atoms with Gasteiger partial charge in [-0.1, -0.05) is 55.5 Å². The molecule has 3 rings (SSSR count). The number of carboxylic acids is 1. The average molecular weight is 471 g/mol. The maximum absolute atomic E-state index is 12.6. The third-order valence-corrected chi connectivity index (χ3v) is 6.41. The van der Waals surface area contributed by atoms with E-state index in [1.54, 1.807) is 18.7 Å². The van der Waals surface area contributed by atoms with Crippen LogP contribution in [0.1, 0.15) is 30.4 Å². The summed E-state index contributed by atoms with van der Waals surface area (Å²) in [6.45, 7) is 2.32. The van der Waals surface area contributed by atoms with Crippen LogP contribution in [0.4, 0.5) is 4.79 Å². The van der Waals surface area contributed by atoms with Crippen LogP contribution in [-0.2, 0) is 14.3 Å². The van der Waals surface area contributed by atoms with Crippen molar-refractivity contribution in [3.8, 4) is 11.1 Å². The van der Waals surface area contributed by atoms with Gasteiger partial charge in [-0.2, -0.15) is 11.8 Å². The smallest absolute Gasteiger partial charge is 0.407 e. The lowest BCUT2D eigenvalue weighted by Crippen LogP contribution is -2.41. The van der Waals surface area contributed by atoms with Gasteiger partial charge in [0.25, 0.3) is 0 Å². The van der Waals surface area contributed by atoms with E-state index in [0.717, 1.165) is 11.1 Å². The van der Waals surface area contributed by atoms with Gasteiger partial charge in [0.1, 0.15) is 13.2 Å². The van der Waals surface area contributed by atoms with Gasteiger partial charge in [0.2, 0.25) is 5.91 Å². The zero-order chi connectivity index (χ0) is 23.8. The number of aliphatic carboxylic acids is 1. The number of amides is 2. The lowest BCUT2D eigenvalue weighted by atomic mass is 9.98. The van der Waals surface area contributed by atoms with Crippen LogP contribution in [0.5, 0.6) is 0 Å². The number of benzene rings is 2. The molecule has 0 aromatic heterocycles. The first-order valence-corrected chi connectivity index (χ1v) is 12.4. The Morgan fingerprint density at radius 1 is 1.09 bits per heavy atom. The third-order valence-electron chi connectivity index (χ3n) is 5.82. The van der Waals surface area contributed by atoms with Crippen LogP contribution in [0.3, 0.4) is 0 Å². The van der Waals surface area contributed by atoms with Gasteiger partial charge in [0.05, 0.1) is 0 Å². The number of hydrogen-bond acceptors (Lipinski definition) is 5. The van der Waals surface area contributed by atoms with E-state index in [9.17, 15) is 14.4 Å². The summed E-state index contributed by atoms with van der Waals surface area (Å²) in [5, 5.41) is 11.8. The van der Waals surface area contributed by atoms with Crippen LogP contribution >= 0.6 is 11.8 Å². The minimum Gasteiger partial charge on any atom is -0.480 e. The van der Waals surface area contributed by atoms with E-state index in [1.165, 1.54) is 16.0 Å². The second-order valence-electron chi connectivity index (χ2n) is 8.09. The van der Waals surface area contributed by atoms with Crippen LogP contribution in [0.2, 0.25) is 0 Å². The Kier molecular flexibility index (Phi) is 8.77. The normalized spacial score (nSPS) is 13.0. The minimum absolute atomic E-state index is 0.00957. The molecule has 1 unspecified atom stereocenters. The highest BCUT2D eigenvalue weighted by Gasteiger charge is 2.29. The predicted molar refractivity (Wildman–Crippen MR) is 129 cm³/mol. The monoisotopic (exact) mass is 470 g/mol. The van der Waals surface area contributed by atoms with Gasteiger partial charge in [-0.3, -0.25) is 9.59 Å². The summed E-state index contributed by atoms with van der Waals surface area (Å²) in [5.74, 6) is -0.997. The number of ether oxygens (including phenoxy) is 1. The number of thioether (sulfide) groups is 1. The zero-order valence-corrected chi connectivity index (χ0v) is 19.8. The summed E-state index contributed by atoms with van der Waals surface area (Å²) >= 11 is 1.55. The van der Waals surface area contributed by atoms with Crippen molar-refractivity contribution in [2.24, 2.45) is 5.92 Å². The number of rotatable bonds is 11. The Balaban J connectivity index is 1.48. The van der Waals surface area contributed by atoms with E-state index >= 15 is 0 Å². The van der Waals surface area contributed by atoms with E-state index in [-0.39, 0.29) is 31.5 Å². The first-order chi connectivity index (χ1) is 15.9. The average Bonchev–Trinajstić information content (AvgIpc) is 3.13. The zero-order valence-electron chi connectivity index (χ0n) is 19.0. The summed E-state index contributed by atoms with van der Waals surface area (Å²) in [6, 6.07) is 16.3. The predicted octanol–water partition coefficient (Wildman–Crippen LogP) is 3.83. The Labute approximate surface area is 198 Å². The number of nitrogens with one attached hydrogen (secondary N) is 1. The van der Waals surface area contributed by atoms with E-state index in [2.05, 4.69) is 29.6 Å². The number of fused-ring (bicyclic) bond motifs is 3. The molecule has 2 aromatic rings. The maximum atomic E-state index is 12.6. The summed E-state index contributed by atoms with van der Waals surface area (Å²) < 4.78 is 5.51. The molecular formula is C25H30N2O5S. The van der Waals surface area contributed by atoms with E-state index in [4.69, 9.17) is 9.84 Å². The van der Waals surface area contributed by atoms with Crippen LogP contribution < -0.4 is 5.32 Å². The van der Waals surface area contributed by atoms with Gasteiger partial charge in [0, 0.05) is 30.7 Å². The molecule has 0 saturated heterocycles. The fourth-order valence-corrected chi connectivity index (χ4v) is 4.51. The Hall–Kier alpha value is -3.00. The van der Waals surface area contributed by atoms with Crippen LogP contribution in [0.25, 0.3) is 11.1 Å². The second kappa shape index (κ2) is 11.7. The minimum atomic E-state index is -1.03. The van der Waals surface area contributed by atoms with Gasteiger partial charge in [0.15, 0.2) is 0 Å². The molecule has 2 amide bonds. The SMILES string of the molecule is CSCCN(CC(=O)O)C(=O)C(C)CCNC(=O)OCC1c2ccccc2-c2ccccc21. The first kappa shape index (κ1) is 24.6. The summed E-state index contributed by atoms with van der Waals surface area (Å²) in [7, 11) is 0. The molecule has 0 bridgehead atoms. The van der Waals surface area contributed by atoms with Crippen LogP contribution in [-0.4, -0.2) is 66.2 Å². The number of carboxylic acid groups (broad SMARTS) is 1. The third kappa shape index (κ3) is 6.28. The molecule has 176 valence electrons. The fourth-order valence-electron chi connectivity index (χ4n) is 4.11. The van der Waals surface area contributed by atoms with Gasteiger partial charge < -0.3 is 20.1 Å². The first-order valence-electron chi connectivity index (χ1n) is 11.0. The molecule has 1 atom stereocenters. The quantitative estimate of drug-likeness (QED) is 0.518. The second-order valence-corrected chi connectivity index (χ2v) is 9.07. The summed E-state index contributed by atoms with van der Waals surface area (Å²) in [5.41, 5.74) is 4.63. The molecule has 0 aliphatic heterocycles. The van der Waals surface area contributed by atoms with Crippen molar-refractivity contribution >= 4 is 29.7 Å². The molecule has 0 radical (unpaired) electrons. The Bertz CT molecular complexity index is 951. The number of carbonyl (C=O) groups excluding carboxylic acids is 2. The fraction of sp³-hybridized carbons (Fsp3) is 0.400. The highest BCUT2D eigenvalue weighted by atomic mass is 32.2. The molecule has 8 heteroatoms. The standard InChI is InChI=1S/C25H30N2O5S/c1-17(24(30)27(13-14-33-2)15-23(28)29)11-12-26-25(31)32-16-22-20-9-5-3-7-18(20)19-8-4-6-10-21(19)22/h3-10,17,22H,11-16H2,1-2H3,(H,26,31)(H,28,29). The summed E-state index contributed by atoms with van der Waals surface area (Å²) in [6.07, 6.45) is 1.78. The highest BCUT2D eigenvalue weighted by Crippen LogP contribution is 2.44. The largest absolute Gasteiger partial charge is 0.480 e. The van der Waals surface area contributed by atoms with Gasteiger partial charge in [-0.25, -0.2) is 4.79 Å². The number of carbonyl (C=O) groups is 3. The molecule has 0 saturated carbocycles. The van der Waals surface area contributed by atoms with Crippen LogP contribution in [0, 0.1) is 5.92 Å². The molecule has 2 N–H and O–H groups in total. The van der Waals surface area contributed by atoms with Gasteiger partial charge in [-0.05, 0) is 34.9 Å². The maximum Gasteiger partial charge on any atom is 0.407 e. The lowest BCUT2D eigenvalue weighted by molar-refractivity contribution is -0.145. The van der Waals surface area contributed by atoms with Crippen molar-refractivity contribution in [3.05, 3.63) is 59.7 Å². The van der Waals surface area contributed by atoms with Gasteiger partial charge in [-0.15, -0.1) is 0 Å².